The number of hydrogen-bond acceptors (Lipinski definition) is 4. The van der Waals surface area contributed by atoms with Crippen LogP contribution in [-0.2, 0) is 27.3 Å². The van der Waals surface area contributed by atoms with Gasteiger partial charge in [-0.05, 0) is 42.2 Å². The second-order valence-corrected chi connectivity index (χ2v) is 7.54. The summed E-state index contributed by atoms with van der Waals surface area (Å²) in [6.45, 7) is 1.26. The number of nitrogens with zero attached hydrogens (tertiary/aromatic N) is 2. The predicted molar refractivity (Wildman–Crippen MR) is 110 cm³/mol. The van der Waals surface area contributed by atoms with E-state index >= 15 is 0 Å². The molecule has 3 N–H and O–H groups in total. The number of nitrogens with one attached hydrogen (secondary N) is 1. The third-order valence-electron chi connectivity index (χ3n) is 5.54. The topological polar surface area (TPSA) is 95.7 Å². The summed E-state index contributed by atoms with van der Waals surface area (Å²) in [5, 5.41) is 2.88. The van der Waals surface area contributed by atoms with Gasteiger partial charge in [0.25, 0.3) is 0 Å². The Labute approximate surface area is 169 Å². The molecule has 2 aliphatic rings. The van der Waals surface area contributed by atoms with Crippen LogP contribution in [0.15, 0.2) is 48.5 Å². The summed E-state index contributed by atoms with van der Waals surface area (Å²) >= 11 is 0. The van der Waals surface area contributed by atoms with E-state index in [4.69, 9.17) is 5.73 Å². The van der Waals surface area contributed by atoms with Crippen molar-refractivity contribution in [3.63, 3.8) is 0 Å². The van der Waals surface area contributed by atoms with E-state index in [1.54, 1.807) is 17.0 Å². The Morgan fingerprint density at radius 2 is 1.90 bits per heavy atom. The normalized spacial score (nSPS) is 19.1. The minimum absolute atomic E-state index is 0.0643. The van der Waals surface area contributed by atoms with Crippen LogP contribution in [0.2, 0.25) is 0 Å². The average Bonchev–Trinajstić information content (AvgIpc) is 3.13. The summed E-state index contributed by atoms with van der Waals surface area (Å²) in [5.41, 5.74) is 9.20. The zero-order valence-electron chi connectivity index (χ0n) is 16.1. The van der Waals surface area contributed by atoms with E-state index in [1.807, 2.05) is 41.3 Å². The van der Waals surface area contributed by atoms with Crippen LogP contribution in [0.5, 0.6) is 0 Å². The first-order valence-electron chi connectivity index (χ1n) is 9.81. The molecule has 2 aromatic carbocycles. The Balaban J connectivity index is 1.45. The van der Waals surface area contributed by atoms with E-state index in [1.165, 1.54) is 0 Å². The first-order chi connectivity index (χ1) is 14.0. The molecule has 29 heavy (non-hydrogen) atoms. The van der Waals surface area contributed by atoms with Crippen LogP contribution in [0.3, 0.4) is 0 Å². The van der Waals surface area contributed by atoms with Gasteiger partial charge >= 0.3 is 0 Å². The first kappa shape index (κ1) is 19.1. The van der Waals surface area contributed by atoms with Crippen molar-refractivity contribution in [2.24, 2.45) is 5.73 Å². The molecule has 7 nitrogen and oxygen atoms in total. The van der Waals surface area contributed by atoms with Crippen molar-refractivity contribution in [3.8, 4) is 0 Å². The van der Waals surface area contributed by atoms with Crippen molar-refractivity contribution in [1.29, 1.82) is 0 Å². The van der Waals surface area contributed by atoms with Gasteiger partial charge in [0.05, 0.1) is 12.6 Å². The van der Waals surface area contributed by atoms with Crippen LogP contribution >= 0.6 is 0 Å². The highest BCUT2D eigenvalue weighted by Crippen LogP contribution is 2.25. The molecule has 4 rings (SSSR count). The van der Waals surface area contributed by atoms with Gasteiger partial charge in [-0.2, -0.15) is 0 Å². The summed E-state index contributed by atoms with van der Waals surface area (Å²) in [5.74, 6) is -0.549. The number of nitrogens with two attached hydrogens (primary N) is 1. The van der Waals surface area contributed by atoms with Crippen molar-refractivity contribution in [3.05, 3.63) is 59.7 Å². The Hall–Kier alpha value is -3.19. The molecular weight excluding hydrogens is 368 g/mol. The number of rotatable bonds is 5. The third kappa shape index (κ3) is 4.14. The quantitative estimate of drug-likeness (QED) is 0.809. The lowest BCUT2D eigenvalue weighted by Gasteiger charge is -2.34. The van der Waals surface area contributed by atoms with Crippen molar-refractivity contribution < 1.29 is 14.4 Å². The van der Waals surface area contributed by atoms with E-state index in [9.17, 15) is 14.4 Å². The van der Waals surface area contributed by atoms with Crippen LogP contribution < -0.4 is 16.0 Å². The van der Waals surface area contributed by atoms with Gasteiger partial charge in [-0.25, -0.2) is 0 Å². The molecule has 2 heterocycles. The average molecular weight is 392 g/mol. The molecule has 1 saturated heterocycles. The molecule has 2 aliphatic heterocycles. The van der Waals surface area contributed by atoms with E-state index in [0.717, 1.165) is 23.2 Å². The Morgan fingerprint density at radius 3 is 2.62 bits per heavy atom. The summed E-state index contributed by atoms with van der Waals surface area (Å²) in [7, 11) is 0. The molecule has 7 heteroatoms. The van der Waals surface area contributed by atoms with Gasteiger partial charge in [-0.15, -0.1) is 0 Å². The van der Waals surface area contributed by atoms with Gasteiger partial charge in [-0.1, -0.05) is 30.3 Å². The largest absolute Gasteiger partial charge is 0.368 e. The van der Waals surface area contributed by atoms with Crippen LogP contribution in [0.4, 0.5) is 11.4 Å². The van der Waals surface area contributed by atoms with Gasteiger partial charge in [0.1, 0.15) is 0 Å². The molecule has 3 amide bonds. The fraction of sp³-hybridized carbons (Fsp3) is 0.318. The number of amides is 3. The van der Waals surface area contributed by atoms with Crippen molar-refractivity contribution in [2.45, 2.75) is 31.8 Å². The number of fused-ring (bicyclic) bond motifs is 1. The van der Waals surface area contributed by atoms with Crippen LogP contribution in [-0.4, -0.2) is 41.8 Å². The Morgan fingerprint density at radius 1 is 1.10 bits per heavy atom. The van der Waals surface area contributed by atoms with Crippen LogP contribution in [0.1, 0.15) is 24.0 Å². The maximum atomic E-state index is 12.7. The standard InChI is InChI=1S/C22H24N4O3/c23-22(29)19-11-15-5-1-2-6-16(15)13-25(19)14-20(27)24-17-7-3-8-18(12-17)26-10-4-9-21(26)28/h1-3,5-8,12,19H,4,9-11,13-14H2,(H2,23,29)(H,24,27)/t19-/m0/s1. The van der Waals surface area contributed by atoms with Gasteiger partial charge in [0, 0.05) is 30.9 Å². The van der Waals surface area contributed by atoms with E-state index in [-0.39, 0.29) is 18.4 Å². The zero-order valence-corrected chi connectivity index (χ0v) is 16.1. The molecule has 0 aliphatic carbocycles. The summed E-state index contributed by atoms with van der Waals surface area (Å²) in [4.78, 5) is 40.1. The van der Waals surface area contributed by atoms with Gasteiger partial charge < -0.3 is 16.0 Å². The van der Waals surface area contributed by atoms with Crippen molar-refractivity contribution >= 4 is 29.1 Å². The highest BCUT2D eigenvalue weighted by Gasteiger charge is 2.31. The Kier molecular flexibility index (Phi) is 5.31. The minimum atomic E-state index is -0.510. The first-order valence-corrected chi connectivity index (χ1v) is 9.81. The minimum Gasteiger partial charge on any atom is -0.368 e. The maximum absolute atomic E-state index is 12.7. The number of carbonyl (C=O) groups is 3. The molecule has 0 aromatic heterocycles. The van der Waals surface area contributed by atoms with E-state index in [0.29, 0.717) is 31.6 Å². The molecule has 1 atom stereocenters. The second-order valence-electron chi connectivity index (χ2n) is 7.54. The fourth-order valence-electron chi connectivity index (χ4n) is 4.08. The molecule has 0 saturated carbocycles. The van der Waals surface area contributed by atoms with E-state index < -0.39 is 11.9 Å². The molecular formula is C22H24N4O3. The van der Waals surface area contributed by atoms with Crippen LogP contribution in [0, 0.1) is 0 Å². The highest BCUT2D eigenvalue weighted by molar-refractivity contribution is 5.97. The van der Waals surface area contributed by atoms with Gasteiger partial charge in [-0.3, -0.25) is 19.3 Å². The second kappa shape index (κ2) is 8.05. The maximum Gasteiger partial charge on any atom is 0.238 e. The molecule has 0 bridgehead atoms. The Bertz CT molecular complexity index is 959. The van der Waals surface area contributed by atoms with Crippen molar-refractivity contribution in [2.75, 3.05) is 23.3 Å². The lowest BCUT2D eigenvalue weighted by Crippen LogP contribution is -2.50. The molecule has 0 radical (unpaired) electrons. The molecule has 150 valence electrons. The summed E-state index contributed by atoms with van der Waals surface area (Å²) < 4.78 is 0. The highest BCUT2D eigenvalue weighted by atomic mass is 16.2. The number of primary amides is 1. The zero-order chi connectivity index (χ0) is 20.4. The molecule has 1 fully saturated rings. The number of benzene rings is 2. The van der Waals surface area contributed by atoms with Gasteiger partial charge in [0.15, 0.2) is 0 Å². The lowest BCUT2D eigenvalue weighted by molar-refractivity contribution is -0.125. The monoisotopic (exact) mass is 392 g/mol. The van der Waals surface area contributed by atoms with Crippen molar-refractivity contribution in [1.82, 2.24) is 4.90 Å². The predicted octanol–water partition coefficient (Wildman–Crippen LogP) is 1.66. The lowest BCUT2D eigenvalue weighted by atomic mass is 9.93. The van der Waals surface area contributed by atoms with E-state index in [2.05, 4.69) is 5.32 Å². The van der Waals surface area contributed by atoms with Gasteiger partial charge in [0.2, 0.25) is 17.7 Å². The molecule has 0 unspecified atom stereocenters. The number of anilines is 2. The number of hydrogen-bond donors (Lipinski definition) is 2. The van der Waals surface area contributed by atoms with Crippen LogP contribution in [0.25, 0.3) is 0 Å². The number of carbonyl (C=O) groups excluding carboxylic acids is 3. The molecule has 2 aromatic rings. The fourth-order valence-corrected chi connectivity index (χ4v) is 4.08. The summed E-state index contributed by atoms with van der Waals surface area (Å²) in [6, 6.07) is 14.7. The molecule has 0 spiro atoms. The SMILES string of the molecule is NC(=O)[C@@H]1Cc2ccccc2CN1CC(=O)Nc1cccc(N2CCCC2=O)c1. The smallest absolute Gasteiger partial charge is 0.238 e. The third-order valence-corrected chi connectivity index (χ3v) is 5.54. The summed E-state index contributed by atoms with van der Waals surface area (Å²) in [6.07, 6.45) is 1.91.